The lowest BCUT2D eigenvalue weighted by atomic mass is 10.0. The van der Waals surface area contributed by atoms with E-state index in [1.807, 2.05) is 13.0 Å². The van der Waals surface area contributed by atoms with Gasteiger partial charge >= 0.3 is 0 Å². The maximum Gasteiger partial charge on any atom is 0.138 e. The number of likely N-dealkylation sites (tertiary alicyclic amines) is 1. The van der Waals surface area contributed by atoms with Gasteiger partial charge in [0.05, 0.1) is 5.69 Å². The Morgan fingerprint density at radius 3 is 2.76 bits per heavy atom. The smallest absolute Gasteiger partial charge is 0.138 e. The molecule has 0 radical (unpaired) electrons. The Kier molecular flexibility index (Phi) is 2.76. The molecule has 0 spiro atoms. The van der Waals surface area contributed by atoms with Gasteiger partial charge in [-0.3, -0.25) is 9.88 Å². The van der Waals surface area contributed by atoms with Crippen molar-refractivity contribution in [2.45, 2.75) is 13.5 Å². The van der Waals surface area contributed by atoms with Crippen molar-refractivity contribution in [3.63, 3.8) is 0 Å². The Morgan fingerprint density at radius 1 is 1.35 bits per heavy atom. The van der Waals surface area contributed by atoms with Crippen LogP contribution in [0.25, 0.3) is 0 Å². The minimum atomic E-state index is 0.325. The zero-order chi connectivity index (χ0) is 11.8. The highest BCUT2D eigenvalue weighted by Gasteiger charge is 2.36. The van der Waals surface area contributed by atoms with Crippen LogP contribution in [0.5, 0.6) is 5.75 Å². The second-order valence-corrected chi connectivity index (χ2v) is 5.29. The van der Waals surface area contributed by atoms with Crippen LogP contribution in [0.4, 0.5) is 0 Å². The Hall–Kier alpha value is -1.13. The Bertz CT molecular complexity index is 409. The first-order chi connectivity index (χ1) is 8.22. The molecule has 1 aromatic rings. The lowest BCUT2D eigenvalue weighted by molar-refractivity contribution is 0.295. The third-order valence-electron chi connectivity index (χ3n) is 3.93. The number of nitrogens with one attached hydrogen (secondary N) is 1. The van der Waals surface area contributed by atoms with E-state index in [0.717, 1.165) is 55.9 Å². The van der Waals surface area contributed by atoms with E-state index in [4.69, 9.17) is 0 Å². The van der Waals surface area contributed by atoms with Crippen LogP contribution in [-0.2, 0) is 6.54 Å². The van der Waals surface area contributed by atoms with Crippen LogP contribution < -0.4 is 5.32 Å². The molecule has 4 heteroatoms. The zero-order valence-corrected chi connectivity index (χ0v) is 10.2. The number of nitrogens with zero attached hydrogens (tertiary/aromatic N) is 2. The van der Waals surface area contributed by atoms with E-state index in [2.05, 4.69) is 15.2 Å². The first-order valence-corrected chi connectivity index (χ1v) is 6.31. The molecular weight excluding hydrogens is 214 g/mol. The topological polar surface area (TPSA) is 48.4 Å². The quantitative estimate of drug-likeness (QED) is 0.791. The third-order valence-corrected chi connectivity index (χ3v) is 3.93. The van der Waals surface area contributed by atoms with Crippen molar-refractivity contribution >= 4 is 0 Å². The van der Waals surface area contributed by atoms with Crippen LogP contribution in [0, 0.1) is 18.8 Å². The van der Waals surface area contributed by atoms with Crippen molar-refractivity contribution in [2.24, 2.45) is 11.8 Å². The highest BCUT2D eigenvalue weighted by Crippen LogP contribution is 2.28. The summed E-state index contributed by atoms with van der Waals surface area (Å²) in [5.41, 5.74) is 1.79. The second-order valence-electron chi connectivity index (χ2n) is 5.29. The predicted octanol–water partition coefficient (Wildman–Crippen LogP) is 0.747. The lowest BCUT2D eigenvalue weighted by Gasteiger charge is -2.17. The first kappa shape index (κ1) is 11.0. The average molecular weight is 233 g/mol. The van der Waals surface area contributed by atoms with Crippen LogP contribution >= 0.6 is 0 Å². The van der Waals surface area contributed by atoms with Gasteiger partial charge in [-0.05, 0) is 44.0 Å². The van der Waals surface area contributed by atoms with Crippen LogP contribution in [0.15, 0.2) is 12.1 Å². The van der Waals surface area contributed by atoms with E-state index < -0.39 is 0 Å². The van der Waals surface area contributed by atoms with Gasteiger partial charge in [0.25, 0.3) is 0 Å². The molecule has 2 aliphatic heterocycles. The molecule has 1 aromatic heterocycles. The van der Waals surface area contributed by atoms with Crippen molar-refractivity contribution in [2.75, 3.05) is 26.2 Å². The molecule has 0 amide bonds. The standard InChI is InChI=1S/C13H19N3O/c1-9-2-3-13(17)12(15-9)8-16-6-10-4-14-5-11(10)7-16/h2-3,10-11,14,17H,4-8H2,1H3. The highest BCUT2D eigenvalue weighted by molar-refractivity contribution is 5.27. The molecule has 2 atom stereocenters. The molecule has 2 N–H and O–H groups in total. The SMILES string of the molecule is Cc1ccc(O)c(CN2CC3CNCC3C2)n1. The van der Waals surface area contributed by atoms with Gasteiger partial charge in [0, 0.05) is 25.3 Å². The predicted molar refractivity (Wildman–Crippen MR) is 65.8 cm³/mol. The highest BCUT2D eigenvalue weighted by atomic mass is 16.3. The summed E-state index contributed by atoms with van der Waals surface area (Å²) in [7, 11) is 0. The van der Waals surface area contributed by atoms with Crippen molar-refractivity contribution in [1.29, 1.82) is 0 Å². The molecule has 17 heavy (non-hydrogen) atoms. The largest absolute Gasteiger partial charge is 0.506 e. The first-order valence-electron chi connectivity index (χ1n) is 6.31. The summed E-state index contributed by atoms with van der Waals surface area (Å²) < 4.78 is 0. The van der Waals surface area contributed by atoms with Gasteiger partial charge in [0.2, 0.25) is 0 Å². The lowest BCUT2D eigenvalue weighted by Crippen LogP contribution is -2.25. The Balaban J connectivity index is 1.69. The van der Waals surface area contributed by atoms with Crippen molar-refractivity contribution in [3.8, 4) is 5.75 Å². The average Bonchev–Trinajstić information content (AvgIpc) is 2.83. The molecule has 0 bridgehead atoms. The van der Waals surface area contributed by atoms with E-state index in [1.165, 1.54) is 0 Å². The van der Waals surface area contributed by atoms with Gasteiger partial charge in [-0.2, -0.15) is 0 Å². The van der Waals surface area contributed by atoms with Gasteiger partial charge in [-0.1, -0.05) is 0 Å². The van der Waals surface area contributed by atoms with Gasteiger partial charge in [-0.15, -0.1) is 0 Å². The molecule has 2 unspecified atom stereocenters. The fraction of sp³-hybridized carbons (Fsp3) is 0.615. The molecule has 2 saturated heterocycles. The van der Waals surface area contributed by atoms with Crippen LogP contribution in [-0.4, -0.2) is 41.2 Å². The maximum atomic E-state index is 9.80. The van der Waals surface area contributed by atoms with Crippen molar-refractivity contribution < 1.29 is 5.11 Å². The monoisotopic (exact) mass is 233 g/mol. The number of aromatic nitrogens is 1. The zero-order valence-electron chi connectivity index (χ0n) is 10.2. The molecule has 0 saturated carbocycles. The van der Waals surface area contributed by atoms with E-state index in [-0.39, 0.29) is 0 Å². The second kappa shape index (κ2) is 4.27. The molecule has 0 aliphatic carbocycles. The summed E-state index contributed by atoms with van der Waals surface area (Å²) in [5.74, 6) is 1.91. The van der Waals surface area contributed by atoms with E-state index in [0.29, 0.717) is 5.75 Å². The third kappa shape index (κ3) is 2.15. The summed E-state index contributed by atoms with van der Waals surface area (Å²) in [5, 5.41) is 13.2. The fourth-order valence-electron chi connectivity index (χ4n) is 3.01. The van der Waals surface area contributed by atoms with Crippen molar-refractivity contribution in [1.82, 2.24) is 15.2 Å². The molecule has 3 rings (SSSR count). The van der Waals surface area contributed by atoms with Gasteiger partial charge in [-0.25, -0.2) is 0 Å². The van der Waals surface area contributed by atoms with Gasteiger partial charge in [0.1, 0.15) is 5.75 Å². The molecule has 2 aliphatic rings. The number of hydrogen-bond donors (Lipinski definition) is 2. The van der Waals surface area contributed by atoms with E-state index >= 15 is 0 Å². The van der Waals surface area contributed by atoms with Crippen molar-refractivity contribution in [3.05, 3.63) is 23.5 Å². The number of fused-ring (bicyclic) bond motifs is 1. The van der Waals surface area contributed by atoms with Crippen LogP contribution in [0.1, 0.15) is 11.4 Å². The molecule has 92 valence electrons. The van der Waals surface area contributed by atoms with Crippen LogP contribution in [0.2, 0.25) is 0 Å². The normalized spacial score (nSPS) is 28.5. The van der Waals surface area contributed by atoms with E-state index in [1.54, 1.807) is 6.07 Å². The number of rotatable bonds is 2. The Labute approximate surface area is 102 Å². The fourth-order valence-corrected chi connectivity index (χ4v) is 3.01. The van der Waals surface area contributed by atoms with E-state index in [9.17, 15) is 5.11 Å². The van der Waals surface area contributed by atoms with Gasteiger partial charge in [0.15, 0.2) is 0 Å². The summed E-state index contributed by atoms with van der Waals surface area (Å²) in [6, 6.07) is 3.59. The molecule has 4 nitrogen and oxygen atoms in total. The molecule has 0 aromatic carbocycles. The summed E-state index contributed by atoms with van der Waals surface area (Å²) >= 11 is 0. The number of hydrogen-bond acceptors (Lipinski definition) is 4. The van der Waals surface area contributed by atoms with Gasteiger partial charge < -0.3 is 10.4 Å². The molecule has 2 fully saturated rings. The summed E-state index contributed by atoms with van der Waals surface area (Å²) in [4.78, 5) is 6.84. The maximum absolute atomic E-state index is 9.80. The molecule has 3 heterocycles. The summed E-state index contributed by atoms with van der Waals surface area (Å²) in [6.45, 7) is 7.30. The Morgan fingerprint density at radius 2 is 2.06 bits per heavy atom. The number of aromatic hydroxyl groups is 1. The number of aryl methyl sites for hydroxylation is 1. The minimum absolute atomic E-state index is 0.325. The minimum Gasteiger partial charge on any atom is -0.506 e. The van der Waals surface area contributed by atoms with Crippen LogP contribution in [0.3, 0.4) is 0 Å². The summed E-state index contributed by atoms with van der Waals surface area (Å²) in [6.07, 6.45) is 0. The molecular formula is C13H19N3O. The number of pyridine rings is 1.